The van der Waals surface area contributed by atoms with Gasteiger partial charge in [0, 0.05) is 18.1 Å². The molecule has 0 fully saturated rings. The molecule has 0 saturated heterocycles. The molecule has 0 aliphatic heterocycles. The van der Waals surface area contributed by atoms with Gasteiger partial charge in [0.25, 0.3) is 5.69 Å². The molecule has 0 atom stereocenters. The molecule has 1 aromatic carbocycles. The number of nitro benzene ring substituents is 1. The van der Waals surface area contributed by atoms with Crippen molar-refractivity contribution in [2.75, 3.05) is 0 Å². The van der Waals surface area contributed by atoms with E-state index in [-0.39, 0.29) is 17.4 Å². The number of allylic oxidation sites excluding steroid dienone is 1. The predicted octanol–water partition coefficient (Wildman–Crippen LogP) is 2.83. The summed E-state index contributed by atoms with van der Waals surface area (Å²) in [5, 5.41) is 10.5. The zero-order valence-corrected chi connectivity index (χ0v) is 9.21. The summed E-state index contributed by atoms with van der Waals surface area (Å²) in [5.41, 5.74) is 0.683. The van der Waals surface area contributed by atoms with Crippen LogP contribution in [0, 0.1) is 16.0 Å². The molecule has 0 bridgehead atoms. The first-order valence-electron chi connectivity index (χ1n) is 4.97. The smallest absolute Gasteiger partial charge is 0.270 e. The first-order valence-corrected chi connectivity index (χ1v) is 4.97. The van der Waals surface area contributed by atoms with E-state index in [2.05, 4.69) is 0 Å². The molecule has 0 aliphatic rings. The fourth-order valence-electron chi connectivity index (χ4n) is 1.11. The van der Waals surface area contributed by atoms with Crippen molar-refractivity contribution in [2.45, 2.75) is 13.8 Å². The van der Waals surface area contributed by atoms with Gasteiger partial charge in [0.05, 0.1) is 4.92 Å². The molecule has 4 heteroatoms. The van der Waals surface area contributed by atoms with Gasteiger partial charge in [0.2, 0.25) is 0 Å². The molecule has 0 aliphatic carbocycles. The van der Waals surface area contributed by atoms with Crippen LogP contribution in [0.5, 0.6) is 0 Å². The number of carbonyl (C=O) groups is 1. The molecule has 1 rings (SSSR count). The Morgan fingerprint density at radius 3 is 2.69 bits per heavy atom. The first-order chi connectivity index (χ1) is 7.50. The third kappa shape index (κ3) is 3.31. The van der Waals surface area contributed by atoms with E-state index in [1.54, 1.807) is 32.1 Å². The first kappa shape index (κ1) is 12.1. The van der Waals surface area contributed by atoms with Gasteiger partial charge in [-0.2, -0.15) is 0 Å². The molecule has 0 saturated carbocycles. The fourth-order valence-corrected chi connectivity index (χ4v) is 1.11. The van der Waals surface area contributed by atoms with E-state index in [0.29, 0.717) is 5.56 Å². The largest absolute Gasteiger partial charge is 0.295 e. The van der Waals surface area contributed by atoms with Crippen LogP contribution in [0.2, 0.25) is 0 Å². The highest BCUT2D eigenvalue weighted by Gasteiger charge is 2.05. The monoisotopic (exact) mass is 219 g/mol. The van der Waals surface area contributed by atoms with Gasteiger partial charge in [-0.15, -0.1) is 0 Å². The number of ketones is 1. The Balaban J connectivity index is 2.86. The lowest BCUT2D eigenvalue weighted by atomic mass is 10.1. The average Bonchev–Trinajstić information content (AvgIpc) is 2.26. The Morgan fingerprint density at radius 2 is 2.12 bits per heavy atom. The van der Waals surface area contributed by atoms with E-state index in [1.807, 2.05) is 0 Å². The van der Waals surface area contributed by atoms with Gasteiger partial charge in [-0.05, 0) is 11.6 Å². The molecule has 0 aromatic heterocycles. The van der Waals surface area contributed by atoms with Crippen LogP contribution < -0.4 is 0 Å². The number of nitro groups is 1. The summed E-state index contributed by atoms with van der Waals surface area (Å²) in [6, 6.07) is 6.17. The highest BCUT2D eigenvalue weighted by atomic mass is 16.6. The van der Waals surface area contributed by atoms with Crippen molar-refractivity contribution in [1.82, 2.24) is 0 Å². The average molecular weight is 219 g/mol. The molecule has 0 N–H and O–H groups in total. The van der Waals surface area contributed by atoms with Crippen LogP contribution in [-0.2, 0) is 4.79 Å². The SMILES string of the molecule is CC(C)C(=O)/C=C/c1cccc([N+](=O)[O-])c1. The summed E-state index contributed by atoms with van der Waals surface area (Å²) >= 11 is 0. The van der Waals surface area contributed by atoms with E-state index in [9.17, 15) is 14.9 Å². The van der Waals surface area contributed by atoms with Crippen molar-refractivity contribution in [1.29, 1.82) is 0 Å². The van der Waals surface area contributed by atoms with Gasteiger partial charge in [0.1, 0.15) is 0 Å². The third-order valence-corrected chi connectivity index (χ3v) is 2.09. The van der Waals surface area contributed by atoms with Gasteiger partial charge >= 0.3 is 0 Å². The molecule has 84 valence electrons. The Hall–Kier alpha value is -1.97. The summed E-state index contributed by atoms with van der Waals surface area (Å²) in [7, 11) is 0. The zero-order chi connectivity index (χ0) is 12.1. The van der Waals surface area contributed by atoms with Crippen molar-refractivity contribution in [2.24, 2.45) is 5.92 Å². The minimum absolute atomic E-state index is 0.00602. The lowest BCUT2D eigenvalue weighted by Crippen LogP contribution is -2.01. The van der Waals surface area contributed by atoms with Crippen LogP contribution >= 0.6 is 0 Å². The second-order valence-corrected chi connectivity index (χ2v) is 3.74. The van der Waals surface area contributed by atoms with E-state index < -0.39 is 4.92 Å². The maximum Gasteiger partial charge on any atom is 0.270 e. The molecule has 0 amide bonds. The third-order valence-electron chi connectivity index (χ3n) is 2.09. The molecule has 1 aromatic rings. The summed E-state index contributed by atoms with van der Waals surface area (Å²) < 4.78 is 0. The van der Waals surface area contributed by atoms with Gasteiger partial charge < -0.3 is 0 Å². The van der Waals surface area contributed by atoms with Crippen LogP contribution in [-0.4, -0.2) is 10.7 Å². The molecular weight excluding hydrogens is 206 g/mol. The maximum atomic E-state index is 11.3. The Kier molecular flexibility index (Phi) is 3.94. The van der Waals surface area contributed by atoms with E-state index in [1.165, 1.54) is 18.2 Å². The van der Waals surface area contributed by atoms with Gasteiger partial charge in [-0.3, -0.25) is 14.9 Å². The summed E-state index contributed by atoms with van der Waals surface area (Å²) in [6.45, 7) is 3.61. The van der Waals surface area contributed by atoms with Crippen LogP contribution in [0.15, 0.2) is 30.3 Å². The van der Waals surface area contributed by atoms with Crippen LogP contribution in [0.4, 0.5) is 5.69 Å². The molecular formula is C12H13NO3. The summed E-state index contributed by atoms with van der Waals surface area (Å²) in [6.07, 6.45) is 3.04. The molecule has 0 unspecified atom stereocenters. The molecule has 4 nitrogen and oxygen atoms in total. The van der Waals surface area contributed by atoms with Crippen molar-refractivity contribution >= 4 is 17.5 Å². The van der Waals surface area contributed by atoms with Gasteiger partial charge in [-0.25, -0.2) is 0 Å². The van der Waals surface area contributed by atoms with Crippen LogP contribution in [0.3, 0.4) is 0 Å². The Labute approximate surface area is 93.7 Å². The second-order valence-electron chi connectivity index (χ2n) is 3.74. The summed E-state index contributed by atoms with van der Waals surface area (Å²) in [5.74, 6) is -0.0542. The van der Waals surface area contributed by atoms with E-state index in [4.69, 9.17) is 0 Å². The van der Waals surface area contributed by atoms with Gasteiger partial charge in [0.15, 0.2) is 5.78 Å². The van der Waals surface area contributed by atoms with Gasteiger partial charge in [-0.1, -0.05) is 32.1 Å². The fraction of sp³-hybridized carbons (Fsp3) is 0.250. The molecule has 0 heterocycles. The number of hydrogen-bond acceptors (Lipinski definition) is 3. The second kappa shape index (κ2) is 5.21. The highest BCUT2D eigenvalue weighted by Crippen LogP contribution is 2.14. The lowest BCUT2D eigenvalue weighted by molar-refractivity contribution is -0.384. The van der Waals surface area contributed by atoms with Crippen molar-refractivity contribution < 1.29 is 9.72 Å². The number of nitrogens with zero attached hydrogens (tertiary/aromatic N) is 1. The Bertz CT molecular complexity index is 436. The van der Waals surface area contributed by atoms with Crippen LogP contribution in [0.25, 0.3) is 6.08 Å². The predicted molar refractivity (Wildman–Crippen MR) is 62.0 cm³/mol. The molecule has 0 radical (unpaired) electrons. The lowest BCUT2D eigenvalue weighted by Gasteiger charge is -1.97. The normalized spacial score (nSPS) is 10.9. The maximum absolute atomic E-state index is 11.3. The van der Waals surface area contributed by atoms with Crippen molar-refractivity contribution in [3.63, 3.8) is 0 Å². The van der Waals surface area contributed by atoms with E-state index >= 15 is 0 Å². The highest BCUT2D eigenvalue weighted by molar-refractivity contribution is 5.94. The minimum Gasteiger partial charge on any atom is -0.295 e. The minimum atomic E-state index is -0.457. The van der Waals surface area contributed by atoms with Crippen molar-refractivity contribution in [3.8, 4) is 0 Å². The van der Waals surface area contributed by atoms with Crippen LogP contribution in [0.1, 0.15) is 19.4 Å². The summed E-state index contributed by atoms with van der Waals surface area (Å²) in [4.78, 5) is 21.4. The number of rotatable bonds is 4. The van der Waals surface area contributed by atoms with E-state index in [0.717, 1.165) is 0 Å². The molecule has 0 spiro atoms. The zero-order valence-electron chi connectivity index (χ0n) is 9.21. The number of carbonyl (C=O) groups excluding carboxylic acids is 1. The number of non-ortho nitro benzene ring substituents is 1. The Morgan fingerprint density at radius 1 is 1.44 bits per heavy atom. The number of benzene rings is 1. The van der Waals surface area contributed by atoms with Crippen molar-refractivity contribution in [3.05, 3.63) is 46.0 Å². The number of hydrogen-bond donors (Lipinski definition) is 0. The standard InChI is InChI=1S/C12H13NO3/c1-9(2)12(14)7-6-10-4-3-5-11(8-10)13(15)16/h3-9H,1-2H3/b7-6+. The topological polar surface area (TPSA) is 60.2 Å². The molecule has 16 heavy (non-hydrogen) atoms. The quantitative estimate of drug-likeness (QED) is 0.444.